The molecule has 3 atom stereocenters. The highest BCUT2D eigenvalue weighted by atomic mass is 32.1. The van der Waals surface area contributed by atoms with E-state index in [4.69, 9.17) is 5.73 Å². The van der Waals surface area contributed by atoms with E-state index in [1.807, 2.05) is 0 Å². The van der Waals surface area contributed by atoms with Gasteiger partial charge in [-0.2, -0.15) is 12.6 Å². The number of hydrogen-bond donors (Lipinski definition) is 5. The molecule has 0 saturated carbocycles. The minimum absolute atomic E-state index is 0.145. The molecule has 1 rings (SSSR count). The van der Waals surface area contributed by atoms with Crippen LogP contribution >= 0.6 is 12.6 Å². The molecule has 0 aromatic carbocycles. The number of carboxylic acid groups (broad SMARTS) is 1. The number of amides is 3. The van der Waals surface area contributed by atoms with Crippen LogP contribution in [-0.2, 0) is 19.2 Å². The fourth-order valence-corrected chi connectivity index (χ4v) is 2.75. The summed E-state index contributed by atoms with van der Waals surface area (Å²) in [4.78, 5) is 48.8. The maximum atomic E-state index is 12.7. The number of aliphatic carboxylic acids is 1. The van der Waals surface area contributed by atoms with Gasteiger partial charge in [-0.15, -0.1) is 0 Å². The zero-order valence-electron chi connectivity index (χ0n) is 14.4. The second-order valence-corrected chi connectivity index (χ2v) is 6.69. The molecule has 1 saturated heterocycles. The first kappa shape index (κ1) is 21.2. The van der Waals surface area contributed by atoms with Crippen molar-refractivity contribution in [3.8, 4) is 0 Å². The van der Waals surface area contributed by atoms with Gasteiger partial charge < -0.3 is 26.4 Å². The van der Waals surface area contributed by atoms with Crippen LogP contribution in [0.4, 0.5) is 0 Å². The highest BCUT2D eigenvalue weighted by molar-refractivity contribution is 7.80. The van der Waals surface area contributed by atoms with Crippen molar-refractivity contribution in [3.63, 3.8) is 0 Å². The Balaban J connectivity index is 2.67. The van der Waals surface area contributed by atoms with Gasteiger partial charge in [0.2, 0.25) is 17.7 Å². The van der Waals surface area contributed by atoms with Crippen LogP contribution < -0.4 is 16.4 Å². The maximum Gasteiger partial charge on any atom is 0.326 e. The number of carboxylic acids is 1. The molecule has 10 heteroatoms. The number of nitrogens with zero attached hydrogens (tertiary/aromatic N) is 1. The van der Waals surface area contributed by atoms with E-state index in [1.54, 1.807) is 13.8 Å². The molecule has 5 N–H and O–H groups in total. The predicted octanol–water partition coefficient (Wildman–Crippen LogP) is -1.42. The van der Waals surface area contributed by atoms with Crippen molar-refractivity contribution < 1.29 is 24.3 Å². The Labute approximate surface area is 152 Å². The summed E-state index contributed by atoms with van der Waals surface area (Å²) in [6.45, 7) is 3.54. The summed E-state index contributed by atoms with van der Waals surface area (Å²) in [5, 5.41) is 14.1. The summed E-state index contributed by atoms with van der Waals surface area (Å²) < 4.78 is 0. The largest absolute Gasteiger partial charge is 0.480 e. The molecule has 9 nitrogen and oxygen atoms in total. The van der Waals surface area contributed by atoms with Gasteiger partial charge in [0.05, 0.1) is 12.6 Å². The number of carbonyl (C=O) groups is 4. The Morgan fingerprint density at radius 3 is 2.48 bits per heavy atom. The Bertz CT molecular complexity index is 528. The van der Waals surface area contributed by atoms with Crippen LogP contribution in [0.3, 0.4) is 0 Å². The normalized spacial score (nSPS) is 19.4. The van der Waals surface area contributed by atoms with Gasteiger partial charge in [0.1, 0.15) is 12.1 Å². The van der Waals surface area contributed by atoms with E-state index in [1.165, 1.54) is 4.90 Å². The van der Waals surface area contributed by atoms with Crippen molar-refractivity contribution in [2.45, 2.75) is 44.8 Å². The van der Waals surface area contributed by atoms with Gasteiger partial charge in [0.25, 0.3) is 0 Å². The Morgan fingerprint density at radius 1 is 1.32 bits per heavy atom. The third-order valence-electron chi connectivity index (χ3n) is 4.03. The zero-order chi connectivity index (χ0) is 19.1. The first-order valence-corrected chi connectivity index (χ1v) is 8.79. The fourth-order valence-electron chi connectivity index (χ4n) is 2.59. The van der Waals surface area contributed by atoms with Crippen molar-refractivity contribution in [2.75, 3.05) is 18.8 Å². The number of likely N-dealkylation sites (tertiary alicyclic amines) is 1. The van der Waals surface area contributed by atoms with Crippen LogP contribution in [0, 0.1) is 5.92 Å². The smallest absolute Gasteiger partial charge is 0.326 e. The SMILES string of the molecule is CC(C)C(NC(=O)CNC(=O)C(N)CS)C(=O)N1CCCC1C(=O)O. The molecule has 1 fully saturated rings. The molecular weight excluding hydrogens is 348 g/mol. The Morgan fingerprint density at radius 2 is 1.96 bits per heavy atom. The lowest BCUT2D eigenvalue weighted by Crippen LogP contribution is -2.55. The van der Waals surface area contributed by atoms with E-state index in [-0.39, 0.29) is 18.2 Å². The minimum atomic E-state index is -1.05. The van der Waals surface area contributed by atoms with Crippen molar-refractivity contribution in [1.82, 2.24) is 15.5 Å². The molecule has 0 bridgehead atoms. The van der Waals surface area contributed by atoms with E-state index in [2.05, 4.69) is 23.3 Å². The number of nitrogens with two attached hydrogens (primary N) is 1. The molecule has 1 aliphatic rings. The first-order valence-electron chi connectivity index (χ1n) is 8.15. The molecule has 25 heavy (non-hydrogen) atoms. The standard InChI is InChI=1S/C15H26N4O5S/c1-8(2)12(14(22)19-5-3-4-10(19)15(23)24)18-11(20)6-17-13(21)9(16)7-25/h8-10,12,25H,3-7,16H2,1-2H3,(H,17,21)(H,18,20)(H,23,24). The summed E-state index contributed by atoms with van der Waals surface area (Å²) in [6.07, 6.45) is 1.01. The van der Waals surface area contributed by atoms with Gasteiger partial charge >= 0.3 is 5.97 Å². The van der Waals surface area contributed by atoms with E-state index in [0.717, 1.165) is 0 Å². The third kappa shape index (κ3) is 5.89. The van der Waals surface area contributed by atoms with Gasteiger partial charge in [0, 0.05) is 12.3 Å². The number of nitrogens with one attached hydrogen (secondary N) is 2. The van der Waals surface area contributed by atoms with Gasteiger partial charge in [-0.1, -0.05) is 13.8 Å². The average Bonchev–Trinajstić information content (AvgIpc) is 3.05. The number of thiol groups is 1. The molecular formula is C15H26N4O5S. The second kappa shape index (κ2) is 9.62. The van der Waals surface area contributed by atoms with Crippen LogP contribution in [-0.4, -0.2) is 70.7 Å². The summed E-state index contributed by atoms with van der Waals surface area (Å²) in [7, 11) is 0. The van der Waals surface area contributed by atoms with Crippen LogP contribution in [0.15, 0.2) is 0 Å². The number of rotatable bonds is 8. The minimum Gasteiger partial charge on any atom is -0.480 e. The summed E-state index contributed by atoms with van der Waals surface area (Å²) in [6, 6.07) is -2.54. The van der Waals surface area contributed by atoms with Crippen molar-refractivity contribution in [1.29, 1.82) is 0 Å². The fraction of sp³-hybridized carbons (Fsp3) is 0.733. The highest BCUT2D eigenvalue weighted by Gasteiger charge is 2.38. The van der Waals surface area contributed by atoms with E-state index < -0.39 is 41.8 Å². The summed E-state index contributed by atoms with van der Waals surface area (Å²) >= 11 is 3.90. The maximum absolute atomic E-state index is 12.7. The quantitative estimate of drug-likeness (QED) is 0.330. The number of hydrogen-bond acceptors (Lipinski definition) is 6. The first-order chi connectivity index (χ1) is 11.7. The molecule has 1 aliphatic heterocycles. The van der Waals surface area contributed by atoms with Gasteiger partial charge in [-0.3, -0.25) is 14.4 Å². The summed E-state index contributed by atoms with van der Waals surface area (Å²) in [5.41, 5.74) is 5.49. The molecule has 0 aliphatic carbocycles. The van der Waals surface area contributed by atoms with Crippen LogP contribution in [0.5, 0.6) is 0 Å². The lowest BCUT2D eigenvalue weighted by Gasteiger charge is -2.29. The Kier molecular flexibility index (Phi) is 8.17. The molecule has 3 unspecified atom stereocenters. The topological polar surface area (TPSA) is 142 Å². The summed E-state index contributed by atoms with van der Waals surface area (Å²) in [5.74, 6) is -2.62. The van der Waals surface area contributed by atoms with Gasteiger partial charge in [0.15, 0.2) is 0 Å². The Hall–Kier alpha value is -1.81. The second-order valence-electron chi connectivity index (χ2n) is 6.32. The molecule has 0 radical (unpaired) electrons. The van der Waals surface area contributed by atoms with Crippen LogP contribution in [0.2, 0.25) is 0 Å². The molecule has 1 heterocycles. The van der Waals surface area contributed by atoms with E-state index >= 15 is 0 Å². The molecule has 0 spiro atoms. The van der Waals surface area contributed by atoms with Crippen molar-refractivity contribution in [2.24, 2.45) is 11.7 Å². The highest BCUT2D eigenvalue weighted by Crippen LogP contribution is 2.20. The zero-order valence-corrected chi connectivity index (χ0v) is 15.3. The lowest BCUT2D eigenvalue weighted by molar-refractivity contribution is -0.150. The molecule has 0 aromatic heterocycles. The van der Waals surface area contributed by atoms with Gasteiger partial charge in [-0.05, 0) is 18.8 Å². The molecule has 0 aromatic rings. The van der Waals surface area contributed by atoms with E-state index in [9.17, 15) is 24.3 Å². The van der Waals surface area contributed by atoms with Crippen molar-refractivity contribution in [3.05, 3.63) is 0 Å². The molecule has 142 valence electrons. The van der Waals surface area contributed by atoms with Crippen LogP contribution in [0.25, 0.3) is 0 Å². The number of carbonyl (C=O) groups excluding carboxylic acids is 3. The predicted molar refractivity (Wildman–Crippen MR) is 94.0 cm³/mol. The van der Waals surface area contributed by atoms with E-state index in [0.29, 0.717) is 19.4 Å². The van der Waals surface area contributed by atoms with Crippen LogP contribution in [0.1, 0.15) is 26.7 Å². The average molecular weight is 374 g/mol. The monoisotopic (exact) mass is 374 g/mol. The van der Waals surface area contributed by atoms with Gasteiger partial charge in [-0.25, -0.2) is 4.79 Å². The lowest BCUT2D eigenvalue weighted by atomic mass is 10.0. The molecule has 3 amide bonds. The van der Waals surface area contributed by atoms with Crippen molar-refractivity contribution >= 4 is 36.3 Å². The third-order valence-corrected chi connectivity index (χ3v) is 4.42.